The molecule has 3 rings (SSSR count). The average molecular weight is 364 g/mol. The highest BCUT2D eigenvalue weighted by atomic mass is 32.1. The van der Waals surface area contributed by atoms with Crippen LogP contribution in [0.3, 0.4) is 0 Å². The first-order valence-corrected chi connectivity index (χ1v) is 8.99. The molecule has 1 aliphatic carbocycles. The minimum atomic E-state index is -0.421. The van der Waals surface area contributed by atoms with Crippen molar-refractivity contribution >= 4 is 39.6 Å². The second-order valence-corrected chi connectivity index (χ2v) is 6.74. The van der Waals surface area contributed by atoms with Gasteiger partial charge in [0.05, 0.1) is 6.61 Å². The van der Waals surface area contributed by atoms with Crippen molar-refractivity contribution in [2.75, 3.05) is 11.9 Å². The van der Waals surface area contributed by atoms with Gasteiger partial charge in [0.2, 0.25) is 0 Å². The van der Waals surface area contributed by atoms with Gasteiger partial charge in [0.25, 0.3) is 0 Å². The SMILES string of the molecule is CCOC(=O)c1c(-c2ccc(F)cc2)csc1NC(=S)NC1CC1. The van der Waals surface area contributed by atoms with Gasteiger partial charge in [0, 0.05) is 17.0 Å². The van der Waals surface area contributed by atoms with E-state index in [1.54, 1.807) is 19.1 Å². The Bertz CT molecular complexity index is 754. The van der Waals surface area contributed by atoms with Gasteiger partial charge < -0.3 is 15.4 Å². The second kappa shape index (κ2) is 7.27. The largest absolute Gasteiger partial charge is 0.462 e. The first kappa shape index (κ1) is 16.9. The number of hydrogen-bond acceptors (Lipinski definition) is 4. The third kappa shape index (κ3) is 3.91. The summed E-state index contributed by atoms with van der Waals surface area (Å²) in [7, 11) is 0. The Morgan fingerprint density at radius 3 is 2.71 bits per heavy atom. The predicted octanol–water partition coefficient (Wildman–Crippen LogP) is 4.18. The Hall–Kier alpha value is -1.99. The Morgan fingerprint density at radius 2 is 2.08 bits per heavy atom. The number of nitrogens with one attached hydrogen (secondary N) is 2. The van der Waals surface area contributed by atoms with E-state index in [0.717, 1.165) is 18.4 Å². The molecule has 0 atom stereocenters. The second-order valence-electron chi connectivity index (χ2n) is 5.45. The molecule has 0 amide bonds. The predicted molar refractivity (Wildman–Crippen MR) is 98.0 cm³/mol. The lowest BCUT2D eigenvalue weighted by Crippen LogP contribution is -2.30. The molecule has 126 valence electrons. The van der Waals surface area contributed by atoms with E-state index in [-0.39, 0.29) is 12.4 Å². The van der Waals surface area contributed by atoms with Crippen LogP contribution in [0.5, 0.6) is 0 Å². The first-order valence-electron chi connectivity index (χ1n) is 7.70. The van der Waals surface area contributed by atoms with Crippen molar-refractivity contribution in [2.24, 2.45) is 0 Å². The summed E-state index contributed by atoms with van der Waals surface area (Å²) >= 11 is 6.66. The molecule has 1 aromatic carbocycles. The molecule has 0 aliphatic heterocycles. The highest BCUT2D eigenvalue weighted by Crippen LogP contribution is 2.36. The molecular formula is C17H17FN2O2S2. The number of esters is 1. The van der Waals surface area contributed by atoms with Crippen LogP contribution in [0.25, 0.3) is 11.1 Å². The van der Waals surface area contributed by atoms with E-state index >= 15 is 0 Å². The fraction of sp³-hybridized carbons (Fsp3) is 0.294. The van der Waals surface area contributed by atoms with Crippen LogP contribution in [0.2, 0.25) is 0 Å². The number of thiocarbonyl (C=S) groups is 1. The van der Waals surface area contributed by atoms with E-state index in [1.165, 1.54) is 23.5 Å². The van der Waals surface area contributed by atoms with E-state index in [2.05, 4.69) is 10.6 Å². The highest BCUT2D eigenvalue weighted by molar-refractivity contribution is 7.80. The molecule has 1 saturated carbocycles. The summed E-state index contributed by atoms with van der Waals surface area (Å²) in [5.74, 6) is -0.741. The summed E-state index contributed by atoms with van der Waals surface area (Å²) in [6, 6.07) is 6.45. The standard InChI is InChI=1S/C17H17FN2O2S2/c1-2-22-16(21)14-13(10-3-5-11(18)6-4-10)9-24-15(14)20-17(23)19-12-7-8-12/h3-6,9,12H,2,7-8H2,1H3,(H2,19,20,23). The van der Waals surface area contributed by atoms with E-state index in [4.69, 9.17) is 17.0 Å². The molecule has 0 saturated heterocycles. The minimum Gasteiger partial charge on any atom is -0.462 e. The van der Waals surface area contributed by atoms with Crippen molar-refractivity contribution < 1.29 is 13.9 Å². The number of ether oxygens (including phenoxy) is 1. The molecule has 0 radical (unpaired) electrons. The van der Waals surface area contributed by atoms with E-state index in [0.29, 0.717) is 27.3 Å². The quantitative estimate of drug-likeness (QED) is 0.616. The van der Waals surface area contributed by atoms with Crippen LogP contribution in [0.4, 0.5) is 9.39 Å². The zero-order valence-corrected chi connectivity index (χ0v) is 14.7. The van der Waals surface area contributed by atoms with Gasteiger partial charge in [0.15, 0.2) is 5.11 Å². The van der Waals surface area contributed by atoms with Gasteiger partial charge in [0.1, 0.15) is 16.4 Å². The molecule has 0 spiro atoms. The maximum absolute atomic E-state index is 13.2. The summed E-state index contributed by atoms with van der Waals surface area (Å²) in [6.45, 7) is 2.04. The average Bonchev–Trinajstić information content (AvgIpc) is 3.26. The van der Waals surface area contributed by atoms with Crippen molar-refractivity contribution in [1.82, 2.24) is 5.32 Å². The Labute approximate surface area is 149 Å². The van der Waals surface area contributed by atoms with Crippen LogP contribution < -0.4 is 10.6 Å². The maximum atomic E-state index is 13.2. The van der Waals surface area contributed by atoms with Crippen LogP contribution in [-0.2, 0) is 4.74 Å². The Kier molecular flexibility index (Phi) is 5.11. The molecule has 0 unspecified atom stereocenters. The van der Waals surface area contributed by atoms with Crippen molar-refractivity contribution in [3.8, 4) is 11.1 Å². The number of hydrogen-bond donors (Lipinski definition) is 2. The van der Waals surface area contributed by atoms with Gasteiger partial charge >= 0.3 is 5.97 Å². The normalized spacial score (nSPS) is 13.4. The number of thiophene rings is 1. The highest BCUT2D eigenvalue weighted by Gasteiger charge is 2.25. The molecule has 4 nitrogen and oxygen atoms in total. The lowest BCUT2D eigenvalue weighted by Gasteiger charge is -2.11. The lowest BCUT2D eigenvalue weighted by atomic mass is 10.0. The van der Waals surface area contributed by atoms with Crippen LogP contribution in [0, 0.1) is 5.82 Å². The molecule has 2 N–H and O–H groups in total. The summed E-state index contributed by atoms with van der Waals surface area (Å²) in [5, 5.41) is 9.24. The maximum Gasteiger partial charge on any atom is 0.341 e. The van der Waals surface area contributed by atoms with Gasteiger partial charge in [-0.2, -0.15) is 0 Å². The summed E-state index contributed by atoms with van der Waals surface area (Å²) < 4.78 is 18.3. The number of benzene rings is 1. The molecular weight excluding hydrogens is 347 g/mol. The Morgan fingerprint density at radius 1 is 1.38 bits per heavy atom. The van der Waals surface area contributed by atoms with Gasteiger partial charge in [-0.15, -0.1) is 11.3 Å². The number of rotatable bonds is 5. The first-order chi connectivity index (χ1) is 11.6. The number of carbonyl (C=O) groups excluding carboxylic acids is 1. The van der Waals surface area contributed by atoms with Crippen molar-refractivity contribution in [3.05, 3.63) is 41.0 Å². The van der Waals surface area contributed by atoms with E-state index < -0.39 is 5.97 Å². The van der Waals surface area contributed by atoms with Crippen LogP contribution >= 0.6 is 23.6 Å². The van der Waals surface area contributed by atoms with Gasteiger partial charge in [-0.3, -0.25) is 0 Å². The van der Waals surface area contributed by atoms with E-state index in [9.17, 15) is 9.18 Å². The number of anilines is 1. The smallest absolute Gasteiger partial charge is 0.341 e. The third-order valence-electron chi connectivity index (χ3n) is 3.57. The molecule has 7 heteroatoms. The van der Waals surface area contributed by atoms with Gasteiger partial charge in [-0.1, -0.05) is 12.1 Å². The van der Waals surface area contributed by atoms with Crippen molar-refractivity contribution in [2.45, 2.75) is 25.8 Å². The van der Waals surface area contributed by atoms with Gasteiger partial charge in [-0.25, -0.2) is 9.18 Å². The van der Waals surface area contributed by atoms with Crippen molar-refractivity contribution in [1.29, 1.82) is 0 Å². The fourth-order valence-corrected chi connectivity index (χ4v) is 3.55. The lowest BCUT2D eigenvalue weighted by molar-refractivity contribution is 0.0529. The molecule has 1 aromatic heterocycles. The van der Waals surface area contributed by atoms with Crippen LogP contribution in [-0.4, -0.2) is 23.7 Å². The summed E-state index contributed by atoms with van der Waals surface area (Å²) in [4.78, 5) is 12.4. The van der Waals surface area contributed by atoms with Gasteiger partial charge in [-0.05, 0) is 49.7 Å². The fourth-order valence-electron chi connectivity index (χ4n) is 2.25. The van der Waals surface area contributed by atoms with E-state index in [1.807, 2.05) is 5.38 Å². The molecule has 2 aromatic rings. The molecule has 1 aliphatic rings. The summed E-state index contributed by atoms with van der Waals surface area (Å²) in [6.07, 6.45) is 2.22. The molecule has 1 fully saturated rings. The Balaban J connectivity index is 1.91. The monoisotopic (exact) mass is 364 g/mol. The number of halogens is 1. The zero-order chi connectivity index (χ0) is 17.1. The molecule has 24 heavy (non-hydrogen) atoms. The third-order valence-corrected chi connectivity index (χ3v) is 4.68. The summed E-state index contributed by atoms with van der Waals surface area (Å²) in [5.41, 5.74) is 1.88. The molecule has 0 bridgehead atoms. The zero-order valence-electron chi connectivity index (χ0n) is 13.1. The van der Waals surface area contributed by atoms with Crippen LogP contribution in [0.15, 0.2) is 29.6 Å². The topological polar surface area (TPSA) is 50.4 Å². The molecule has 1 heterocycles. The minimum absolute atomic E-state index is 0.280. The number of carbonyl (C=O) groups is 1. The van der Waals surface area contributed by atoms with Crippen molar-refractivity contribution in [3.63, 3.8) is 0 Å². The van der Waals surface area contributed by atoms with Crippen LogP contribution in [0.1, 0.15) is 30.1 Å².